The van der Waals surface area contributed by atoms with Crippen LogP contribution in [0.25, 0.3) is 16.6 Å². The Morgan fingerprint density at radius 2 is 1.82 bits per heavy atom. The van der Waals surface area contributed by atoms with Gasteiger partial charge in [0.25, 0.3) is 0 Å². The maximum Gasteiger partial charge on any atom is 0.241 e. The first-order valence-electron chi connectivity index (χ1n) is 11.7. The van der Waals surface area contributed by atoms with Gasteiger partial charge in [0.1, 0.15) is 0 Å². The summed E-state index contributed by atoms with van der Waals surface area (Å²) in [5.74, 6) is -0.0839. The molecule has 0 aliphatic heterocycles. The molecule has 0 saturated carbocycles. The molecule has 1 aliphatic rings. The molecule has 1 N–H and O–H groups in total. The van der Waals surface area contributed by atoms with Crippen molar-refractivity contribution in [3.63, 3.8) is 0 Å². The average molecular weight is 440 g/mol. The van der Waals surface area contributed by atoms with Gasteiger partial charge in [0.05, 0.1) is 23.3 Å². The van der Waals surface area contributed by atoms with Gasteiger partial charge in [-0.2, -0.15) is 10.2 Å². The smallest absolute Gasteiger partial charge is 0.241 e. The van der Waals surface area contributed by atoms with Crippen molar-refractivity contribution in [3.05, 3.63) is 82.8 Å². The highest BCUT2D eigenvalue weighted by atomic mass is 16.2. The van der Waals surface area contributed by atoms with Gasteiger partial charge in [-0.15, -0.1) is 0 Å². The molecule has 2 heterocycles. The predicted molar refractivity (Wildman–Crippen MR) is 132 cm³/mol. The highest BCUT2D eigenvalue weighted by molar-refractivity contribution is 5.87. The Morgan fingerprint density at radius 3 is 2.67 bits per heavy atom. The van der Waals surface area contributed by atoms with Crippen LogP contribution in [0.1, 0.15) is 47.5 Å². The van der Waals surface area contributed by atoms with Gasteiger partial charge >= 0.3 is 0 Å². The van der Waals surface area contributed by atoms with E-state index in [4.69, 9.17) is 0 Å². The van der Waals surface area contributed by atoms with Crippen LogP contribution < -0.4 is 5.43 Å². The van der Waals surface area contributed by atoms with Crippen molar-refractivity contribution >= 4 is 23.0 Å². The SMILES string of the molecule is Cc1nn(-c2ccccc2)c(C)c1C=NNC(=O)CCn1c2c(c3ccccc31)CCCC2. The van der Waals surface area contributed by atoms with Gasteiger partial charge in [0, 0.05) is 35.1 Å². The summed E-state index contributed by atoms with van der Waals surface area (Å²) in [5.41, 5.74) is 10.6. The van der Waals surface area contributed by atoms with Gasteiger partial charge in [-0.05, 0) is 63.3 Å². The lowest BCUT2D eigenvalue weighted by molar-refractivity contribution is -0.121. The fourth-order valence-electron chi connectivity index (χ4n) is 4.94. The molecule has 168 valence electrons. The van der Waals surface area contributed by atoms with Crippen LogP contribution in [0.3, 0.4) is 0 Å². The minimum atomic E-state index is -0.0839. The molecule has 0 saturated heterocycles. The van der Waals surface area contributed by atoms with Crippen LogP contribution in [0.2, 0.25) is 0 Å². The number of aryl methyl sites for hydroxylation is 3. The third-order valence-corrected chi connectivity index (χ3v) is 6.58. The molecule has 6 heteroatoms. The summed E-state index contributed by atoms with van der Waals surface area (Å²) in [7, 11) is 0. The van der Waals surface area contributed by atoms with E-state index in [0.717, 1.165) is 35.5 Å². The van der Waals surface area contributed by atoms with E-state index in [1.54, 1.807) is 6.21 Å². The largest absolute Gasteiger partial charge is 0.344 e. The molecule has 2 aromatic carbocycles. The fraction of sp³-hybridized carbons (Fsp3) is 0.296. The molecular weight excluding hydrogens is 410 g/mol. The summed E-state index contributed by atoms with van der Waals surface area (Å²) in [6.07, 6.45) is 6.78. The second-order valence-electron chi connectivity index (χ2n) is 8.68. The molecule has 0 radical (unpaired) electrons. The third-order valence-electron chi connectivity index (χ3n) is 6.58. The first kappa shape index (κ1) is 21.2. The van der Waals surface area contributed by atoms with E-state index in [9.17, 15) is 4.79 Å². The van der Waals surface area contributed by atoms with Crippen molar-refractivity contribution in [1.82, 2.24) is 19.8 Å². The molecule has 33 heavy (non-hydrogen) atoms. The minimum absolute atomic E-state index is 0.0839. The lowest BCUT2D eigenvalue weighted by Gasteiger charge is -2.15. The van der Waals surface area contributed by atoms with E-state index in [-0.39, 0.29) is 5.91 Å². The van der Waals surface area contributed by atoms with Gasteiger partial charge in [-0.25, -0.2) is 10.1 Å². The summed E-state index contributed by atoms with van der Waals surface area (Å²) in [6.45, 7) is 4.63. The number of fused-ring (bicyclic) bond motifs is 3. The Hall–Kier alpha value is -3.67. The van der Waals surface area contributed by atoms with Gasteiger partial charge in [-0.3, -0.25) is 4.79 Å². The number of amides is 1. The Bertz CT molecular complexity index is 1330. The van der Waals surface area contributed by atoms with Crippen LogP contribution in [0, 0.1) is 13.8 Å². The normalized spacial score (nSPS) is 13.5. The minimum Gasteiger partial charge on any atom is -0.344 e. The van der Waals surface area contributed by atoms with Crippen molar-refractivity contribution in [1.29, 1.82) is 0 Å². The standard InChI is InChI=1S/C27H29N5O/c1-19-24(20(2)32(30-19)21-10-4-3-5-11-21)18-28-29-27(33)16-17-31-25-14-8-6-12-22(25)23-13-7-9-15-26(23)31/h3-6,8,10-12,14,18H,7,9,13,15-17H2,1-2H3,(H,29,33). The monoisotopic (exact) mass is 439 g/mol. The van der Waals surface area contributed by atoms with Crippen molar-refractivity contribution in [2.24, 2.45) is 5.10 Å². The second kappa shape index (κ2) is 9.06. The number of nitrogens with one attached hydrogen (secondary N) is 1. The summed E-state index contributed by atoms with van der Waals surface area (Å²) < 4.78 is 4.24. The highest BCUT2D eigenvalue weighted by Crippen LogP contribution is 2.32. The summed E-state index contributed by atoms with van der Waals surface area (Å²) in [6, 6.07) is 18.6. The number of benzene rings is 2. The maximum atomic E-state index is 12.6. The Kier molecular flexibility index (Phi) is 5.82. The quantitative estimate of drug-likeness (QED) is 0.344. The van der Waals surface area contributed by atoms with E-state index in [0.29, 0.717) is 13.0 Å². The van der Waals surface area contributed by atoms with Crippen LogP contribution in [0.4, 0.5) is 0 Å². The molecule has 0 atom stereocenters. The predicted octanol–water partition coefficient (Wildman–Crippen LogP) is 4.86. The summed E-state index contributed by atoms with van der Waals surface area (Å²) in [5, 5.41) is 10.2. The van der Waals surface area contributed by atoms with Crippen molar-refractivity contribution in [3.8, 4) is 5.69 Å². The molecule has 4 aromatic rings. The van der Waals surface area contributed by atoms with E-state index in [1.807, 2.05) is 48.9 Å². The Balaban J connectivity index is 1.27. The number of hydrazone groups is 1. The van der Waals surface area contributed by atoms with Crippen molar-refractivity contribution in [2.45, 2.75) is 52.5 Å². The average Bonchev–Trinajstić information content (AvgIpc) is 3.32. The van der Waals surface area contributed by atoms with E-state index in [1.165, 1.54) is 35.0 Å². The zero-order chi connectivity index (χ0) is 22.8. The van der Waals surface area contributed by atoms with Gasteiger partial charge < -0.3 is 4.57 Å². The molecule has 6 nitrogen and oxygen atoms in total. The van der Waals surface area contributed by atoms with Crippen LogP contribution in [-0.2, 0) is 24.2 Å². The molecule has 1 amide bonds. The van der Waals surface area contributed by atoms with Crippen LogP contribution in [0.5, 0.6) is 0 Å². The zero-order valence-corrected chi connectivity index (χ0v) is 19.2. The second-order valence-corrected chi connectivity index (χ2v) is 8.68. The molecule has 5 rings (SSSR count). The Morgan fingerprint density at radius 1 is 1.06 bits per heavy atom. The zero-order valence-electron chi connectivity index (χ0n) is 19.2. The lowest BCUT2D eigenvalue weighted by atomic mass is 9.95. The maximum absolute atomic E-state index is 12.6. The first-order chi connectivity index (χ1) is 16.1. The number of hydrogen-bond acceptors (Lipinski definition) is 3. The van der Waals surface area contributed by atoms with Crippen molar-refractivity contribution in [2.75, 3.05) is 0 Å². The molecule has 0 bridgehead atoms. The number of nitrogens with zero attached hydrogens (tertiary/aromatic N) is 4. The molecular formula is C27H29N5O. The highest BCUT2D eigenvalue weighted by Gasteiger charge is 2.20. The molecule has 0 fully saturated rings. The van der Waals surface area contributed by atoms with Crippen molar-refractivity contribution < 1.29 is 4.79 Å². The van der Waals surface area contributed by atoms with E-state index < -0.39 is 0 Å². The van der Waals surface area contributed by atoms with Gasteiger partial charge in [0.2, 0.25) is 5.91 Å². The first-order valence-corrected chi connectivity index (χ1v) is 11.7. The van der Waals surface area contributed by atoms with E-state index in [2.05, 4.69) is 44.5 Å². The van der Waals surface area contributed by atoms with Crippen LogP contribution in [-0.4, -0.2) is 26.5 Å². The van der Waals surface area contributed by atoms with E-state index >= 15 is 0 Å². The summed E-state index contributed by atoms with van der Waals surface area (Å²) in [4.78, 5) is 12.6. The number of carbonyl (C=O) groups is 1. The Labute approximate surface area is 193 Å². The van der Waals surface area contributed by atoms with Crippen LogP contribution >= 0.6 is 0 Å². The molecule has 2 aromatic heterocycles. The number of rotatable bonds is 6. The van der Waals surface area contributed by atoms with Gasteiger partial charge in [-0.1, -0.05) is 36.4 Å². The van der Waals surface area contributed by atoms with Crippen LogP contribution in [0.15, 0.2) is 59.7 Å². The topological polar surface area (TPSA) is 64.2 Å². The van der Waals surface area contributed by atoms with Gasteiger partial charge in [0.15, 0.2) is 0 Å². The lowest BCUT2D eigenvalue weighted by Crippen LogP contribution is -2.20. The fourth-order valence-corrected chi connectivity index (χ4v) is 4.94. The number of hydrogen-bond donors (Lipinski definition) is 1. The molecule has 1 aliphatic carbocycles. The number of aromatic nitrogens is 3. The number of carbonyl (C=O) groups excluding carboxylic acids is 1. The summed E-state index contributed by atoms with van der Waals surface area (Å²) >= 11 is 0. The molecule has 0 spiro atoms. The number of para-hydroxylation sites is 2. The third kappa shape index (κ3) is 4.09. The molecule has 0 unspecified atom stereocenters.